The second-order valence-electron chi connectivity index (χ2n) is 7.86. The first-order chi connectivity index (χ1) is 15.9. The van der Waals surface area contributed by atoms with Gasteiger partial charge < -0.3 is 9.64 Å². The standard InChI is InChI=1S/C22H25ClN2O7S2/c1-3-32-22(27)15-10-12-25(13-11-15)21(26)19-14-18(8-9-20(19)23)34(30,31)24-16-4-6-17(7-5-16)33(2,28)29/h4-9,14-15,24H,3,10-13H2,1-2H3. The van der Waals surface area contributed by atoms with Crippen molar-refractivity contribution < 1.29 is 31.2 Å². The number of nitrogens with zero attached hydrogens (tertiary/aromatic N) is 1. The fourth-order valence-electron chi connectivity index (χ4n) is 3.57. The zero-order valence-corrected chi connectivity index (χ0v) is 21.0. The Balaban J connectivity index is 1.76. The molecule has 12 heteroatoms. The Bertz CT molecular complexity index is 1290. The lowest BCUT2D eigenvalue weighted by Crippen LogP contribution is -2.40. The molecule has 0 atom stereocenters. The molecule has 0 bridgehead atoms. The number of hydrogen-bond acceptors (Lipinski definition) is 7. The third kappa shape index (κ3) is 6.08. The van der Waals surface area contributed by atoms with Gasteiger partial charge >= 0.3 is 5.97 Å². The van der Waals surface area contributed by atoms with E-state index in [0.717, 1.165) is 6.26 Å². The van der Waals surface area contributed by atoms with E-state index in [0.29, 0.717) is 32.5 Å². The number of benzene rings is 2. The second-order valence-corrected chi connectivity index (χ2v) is 12.0. The predicted octanol–water partition coefficient (Wildman–Crippen LogP) is 2.96. The first-order valence-electron chi connectivity index (χ1n) is 10.5. The largest absolute Gasteiger partial charge is 0.466 e. The van der Waals surface area contributed by atoms with Gasteiger partial charge in [-0.3, -0.25) is 14.3 Å². The molecule has 34 heavy (non-hydrogen) atoms. The number of nitrogens with one attached hydrogen (secondary N) is 1. The Hall–Kier alpha value is -2.63. The van der Waals surface area contributed by atoms with Crippen molar-refractivity contribution in [3.05, 3.63) is 53.1 Å². The van der Waals surface area contributed by atoms with E-state index in [9.17, 15) is 26.4 Å². The lowest BCUT2D eigenvalue weighted by atomic mass is 9.96. The number of likely N-dealkylation sites (tertiary alicyclic amines) is 1. The first-order valence-corrected chi connectivity index (χ1v) is 14.3. The van der Waals surface area contributed by atoms with Gasteiger partial charge in [0.05, 0.1) is 32.9 Å². The lowest BCUT2D eigenvalue weighted by Gasteiger charge is -2.31. The van der Waals surface area contributed by atoms with Crippen molar-refractivity contribution in [1.82, 2.24) is 4.90 Å². The maximum atomic E-state index is 13.0. The number of piperidine rings is 1. The number of carbonyl (C=O) groups is 2. The number of hydrogen-bond donors (Lipinski definition) is 1. The van der Waals surface area contributed by atoms with Gasteiger partial charge in [-0.25, -0.2) is 16.8 Å². The van der Waals surface area contributed by atoms with Crippen molar-refractivity contribution in [2.24, 2.45) is 5.92 Å². The molecule has 3 rings (SSSR count). The fraction of sp³-hybridized carbons (Fsp3) is 0.364. The summed E-state index contributed by atoms with van der Waals surface area (Å²) in [7, 11) is -7.50. The van der Waals surface area contributed by atoms with E-state index in [-0.39, 0.29) is 38.0 Å². The van der Waals surface area contributed by atoms with Crippen LogP contribution in [0.25, 0.3) is 0 Å². The van der Waals surface area contributed by atoms with E-state index >= 15 is 0 Å². The Morgan fingerprint density at radius 1 is 1.03 bits per heavy atom. The Morgan fingerprint density at radius 2 is 1.62 bits per heavy atom. The van der Waals surface area contributed by atoms with E-state index < -0.39 is 25.8 Å². The van der Waals surface area contributed by atoms with Crippen LogP contribution in [-0.2, 0) is 29.4 Å². The average molecular weight is 529 g/mol. The summed E-state index contributed by atoms with van der Waals surface area (Å²) in [5.41, 5.74) is 0.197. The molecular formula is C22H25ClN2O7S2. The van der Waals surface area contributed by atoms with E-state index in [1.54, 1.807) is 6.92 Å². The van der Waals surface area contributed by atoms with Crippen LogP contribution < -0.4 is 4.72 Å². The Morgan fingerprint density at radius 3 is 2.18 bits per heavy atom. The van der Waals surface area contributed by atoms with Gasteiger partial charge in [-0.2, -0.15) is 0 Å². The molecule has 1 N–H and O–H groups in total. The van der Waals surface area contributed by atoms with Gasteiger partial charge in [-0.05, 0) is 62.2 Å². The summed E-state index contributed by atoms with van der Waals surface area (Å²) in [6.45, 7) is 2.67. The molecule has 2 aromatic carbocycles. The molecule has 0 unspecified atom stereocenters. The molecule has 1 aliphatic rings. The second kappa shape index (κ2) is 10.3. The monoisotopic (exact) mass is 528 g/mol. The third-order valence-corrected chi connectivity index (χ3v) is 8.25. The highest BCUT2D eigenvalue weighted by Gasteiger charge is 2.30. The van der Waals surface area contributed by atoms with Crippen LogP contribution in [0.2, 0.25) is 5.02 Å². The van der Waals surface area contributed by atoms with E-state index in [2.05, 4.69) is 4.72 Å². The highest BCUT2D eigenvalue weighted by atomic mass is 35.5. The van der Waals surface area contributed by atoms with Crippen LogP contribution in [0.15, 0.2) is 52.3 Å². The van der Waals surface area contributed by atoms with E-state index in [1.165, 1.54) is 47.4 Å². The van der Waals surface area contributed by atoms with Gasteiger partial charge in [0.15, 0.2) is 9.84 Å². The summed E-state index contributed by atoms with van der Waals surface area (Å²) < 4.78 is 56.3. The highest BCUT2D eigenvalue weighted by molar-refractivity contribution is 7.92. The minimum absolute atomic E-state index is 0.0338. The van der Waals surface area contributed by atoms with Gasteiger partial charge in [-0.15, -0.1) is 0 Å². The Kier molecular flexibility index (Phi) is 7.89. The molecule has 1 heterocycles. The molecule has 9 nitrogen and oxygen atoms in total. The van der Waals surface area contributed by atoms with Crippen molar-refractivity contribution in [3.8, 4) is 0 Å². The van der Waals surface area contributed by atoms with Crippen LogP contribution in [0.1, 0.15) is 30.1 Å². The van der Waals surface area contributed by atoms with Gasteiger partial charge in [0.1, 0.15) is 0 Å². The number of sulfonamides is 1. The topological polar surface area (TPSA) is 127 Å². The molecule has 2 aromatic rings. The summed E-state index contributed by atoms with van der Waals surface area (Å²) in [5, 5.41) is 0.106. The average Bonchev–Trinajstić information content (AvgIpc) is 2.78. The lowest BCUT2D eigenvalue weighted by molar-refractivity contribution is -0.149. The number of rotatable bonds is 7. The number of sulfone groups is 1. The van der Waals surface area contributed by atoms with Crippen LogP contribution in [0.5, 0.6) is 0 Å². The van der Waals surface area contributed by atoms with Crippen molar-refractivity contribution in [3.63, 3.8) is 0 Å². The molecule has 1 saturated heterocycles. The summed E-state index contributed by atoms with van der Waals surface area (Å²) in [4.78, 5) is 26.4. The number of carbonyl (C=O) groups excluding carboxylic acids is 2. The molecule has 0 radical (unpaired) electrons. The molecule has 0 spiro atoms. The Labute approximate surface area is 204 Å². The number of ether oxygens (including phenoxy) is 1. The number of anilines is 1. The summed E-state index contributed by atoms with van der Waals surface area (Å²) in [6, 6.07) is 9.08. The highest BCUT2D eigenvalue weighted by Crippen LogP contribution is 2.26. The molecule has 0 aliphatic carbocycles. The van der Waals surface area contributed by atoms with Crippen LogP contribution in [0, 0.1) is 5.92 Å². The summed E-state index contributed by atoms with van der Waals surface area (Å²) in [6.07, 6.45) is 1.95. The summed E-state index contributed by atoms with van der Waals surface area (Å²) >= 11 is 6.21. The van der Waals surface area contributed by atoms with Gasteiger partial charge in [-0.1, -0.05) is 11.6 Å². The van der Waals surface area contributed by atoms with Crippen LogP contribution in [-0.4, -0.2) is 59.6 Å². The number of esters is 1. The quantitative estimate of drug-likeness (QED) is 0.547. The van der Waals surface area contributed by atoms with Crippen LogP contribution >= 0.6 is 11.6 Å². The minimum atomic E-state index is -4.08. The first kappa shape index (κ1) is 26.0. The third-order valence-electron chi connectivity index (χ3n) is 5.42. The van der Waals surface area contributed by atoms with E-state index in [4.69, 9.17) is 16.3 Å². The minimum Gasteiger partial charge on any atom is -0.466 e. The number of amides is 1. The zero-order valence-electron chi connectivity index (χ0n) is 18.7. The molecule has 1 fully saturated rings. The maximum Gasteiger partial charge on any atom is 0.309 e. The predicted molar refractivity (Wildman–Crippen MR) is 127 cm³/mol. The SMILES string of the molecule is CCOC(=O)C1CCN(C(=O)c2cc(S(=O)(=O)Nc3ccc(S(C)(=O)=O)cc3)ccc2Cl)CC1. The van der Waals surface area contributed by atoms with Crippen LogP contribution in [0.3, 0.4) is 0 Å². The van der Waals surface area contributed by atoms with Gasteiger partial charge in [0.25, 0.3) is 15.9 Å². The number of halogens is 1. The molecule has 1 aliphatic heterocycles. The van der Waals surface area contributed by atoms with Crippen molar-refractivity contribution in [2.45, 2.75) is 29.6 Å². The van der Waals surface area contributed by atoms with E-state index in [1.807, 2.05) is 0 Å². The summed E-state index contributed by atoms with van der Waals surface area (Å²) in [5.74, 6) is -0.984. The van der Waals surface area contributed by atoms with Crippen molar-refractivity contribution in [2.75, 3.05) is 30.7 Å². The maximum absolute atomic E-state index is 13.0. The molecule has 1 amide bonds. The fourth-order valence-corrected chi connectivity index (χ4v) is 5.48. The smallest absolute Gasteiger partial charge is 0.309 e. The normalized spacial score (nSPS) is 15.1. The molecule has 0 saturated carbocycles. The molecule has 184 valence electrons. The zero-order chi connectivity index (χ0) is 25.1. The molecule has 0 aromatic heterocycles. The van der Waals surface area contributed by atoms with Crippen molar-refractivity contribution >= 4 is 49.0 Å². The van der Waals surface area contributed by atoms with Gasteiger partial charge in [0, 0.05) is 25.0 Å². The van der Waals surface area contributed by atoms with Gasteiger partial charge in [0.2, 0.25) is 0 Å². The van der Waals surface area contributed by atoms with Crippen molar-refractivity contribution in [1.29, 1.82) is 0 Å². The van der Waals surface area contributed by atoms with Crippen LogP contribution in [0.4, 0.5) is 5.69 Å². The molecular weight excluding hydrogens is 504 g/mol.